The smallest absolute Gasteiger partial charge is 0.445 e. The van der Waals surface area contributed by atoms with Crippen molar-refractivity contribution in [3.05, 3.63) is 71.8 Å². The third-order valence-electron chi connectivity index (χ3n) is 9.96. The Balaban J connectivity index is 1.29. The Kier molecular flexibility index (Phi) is 8.75. The number of fused-ring (bicyclic) bond motifs is 1. The highest BCUT2D eigenvalue weighted by atomic mass is 16.7. The van der Waals surface area contributed by atoms with Crippen molar-refractivity contribution < 1.29 is 28.7 Å². The van der Waals surface area contributed by atoms with Gasteiger partial charge < -0.3 is 29.8 Å². The van der Waals surface area contributed by atoms with E-state index in [9.17, 15) is 14.7 Å². The highest BCUT2D eigenvalue weighted by molar-refractivity contribution is 6.48. The molecular formula is C33H45BN2O6. The number of alkyl carbamates (subject to hydrolysis) is 1. The molecule has 9 heteroatoms. The SMILES string of the molecule is CC(C)C[C@H](NC(=O)[C@@H](O)[C@@H](Cc1ccccc1)NC(=O)OCc1ccccc1)B1OC2(C)CCC3CC2(O1)C3(C)C. The highest BCUT2D eigenvalue weighted by Crippen LogP contribution is 2.70. The third kappa shape index (κ3) is 5.83. The fraction of sp³-hybridized carbons (Fsp3) is 0.576. The minimum absolute atomic E-state index is 0.00847. The van der Waals surface area contributed by atoms with Crippen molar-refractivity contribution in [2.75, 3.05) is 0 Å². The van der Waals surface area contributed by atoms with E-state index in [0.717, 1.165) is 30.4 Å². The first-order valence-electron chi connectivity index (χ1n) is 15.3. The largest absolute Gasteiger partial charge is 0.481 e. The van der Waals surface area contributed by atoms with Gasteiger partial charge in [0.25, 0.3) is 5.91 Å². The van der Waals surface area contributed by atoms with Crippen LogP contribution in [-0.4, -0.2) is 53.5 Å². The van der Waals surface area contributed by atoms with E-state index in [2.05, 4.69) is 45.3 Å². The average Bonchev–Trinajstić information content (AvgIpc) is 3.32. The van der Waals surface area contributed by atoms with Crippen LogP contribution in [0.2, 0.25) is 0 Å². The first-order valence-corrected chi connectivity index (χ1v) is 15.3. The Morgan fingerprint density at radius 2 is 1.64 bits per heavy atom. The number of aliphatic hydroxyl groups is 1. The van der Waals surface area contributed by atoms with Crippen molar-refractivity contribution in [2.24, 2.45) is 17.3 Å². The number of nitrogens with one attached hydrogen (secondary N) is 2. The molecule has 2 amide bonds. The minimum atomic E-state index is -1.52. The number of ether oxygens (including phenoxy) is 1. The van der Waals surface area contributed by atoms with Crippen molar-refractivity contribution in [1.29, 1.82) is 0 Å². The molecule has 1 spiro atoms. The molecule has 4 aliphatic rings. The molecular weight excluding hydrogens is 531 g/mol. The standard InChI is InChI=1S/C33H45BN2O6/c1-22(2)18-27(34-41-32(5)17-16-25-20-33(32,42-34)31(25,3)4)36-29(38)28(37)26(19-23-12-8-6-9-13-23)35-30(39)40-21-24-14-10-7-11-15-24/h6-15,22,25-28,37H,16-21H2,1-5H3,(H,35,39)(H,36,38)/t25?,26-,27+,28+,32?,33?/m1/s1. The van der Waals surface area contributed by atoms with E-state index in [1.54, 1.807) is 0 Å². The van der Waals surface area contributed by atoms with Crippen molar-refractivity contribution in [3.63, 3.8) is 0 Å². The molecule has 8 nitrogen and oxygen atoms in total. The van der Waals surface area contributed by atoms with Gasteiger partial charge in [-0.2, -0.15) is 0 Å². The van der Waals surface area contributed by atoms with Crippen molar-refractivity contribution in [1.82, 2.24) is 10.6 Å². The lowest BCUT2D eigenvalue weighted by Gasteiger charge is -2.69. The van der Waals surface area contributed by atoms with Crippen LogP contribution in [0, 0.1) is 17.3 Å². The maximum Gasteiger partial charge on any atom is 0.481 e. The van der Waals surface area contributed by atoms with Gasteiger partial charge in [-0.3, -0.25) is 4.79 Å². The Labute approximate surface area is 250 Å². The molecule has 3 N–H and O–H groups in total. The molecule has 0 aromatic heterocycles. The van der Waals surface area contributed by atoms with E-state index in [0.29, 0.717) is 12.3 Å². The lowest BCUT2D eigenvalue weighted by atomic mass is 9.41. The summed E-state index contributed by atoms with van der Waals surface area (Å²) < 4.78 is 18.8. The summed E-state index contributed by atoms with van der Waals surface area (Å²) in [6.07, 6.45) is 1.64. The number of carbonyl (C=O) groups is 2. The predicted molar refractivity (Wildman–Crippen MR) is 161 cm³/mol. The van der Waals surface area contributed by atoms with Crippen molar-refractivity contribution >= 4 is 19.1 Å². The van der Waals surface area contributed by atoms with Gasteiger partial charge in [-0.15, -0.1) is 0 Å². The molecule has 2 aromatic carbocycles. The topological polar surface area (TPSA) is 106 Å². The van der Waals surface area contributed by atoms with Crippen molar-refractivity contribution in [2.45, 2.75) is 103 Å². The van der Waals surface area contributed by atoms with Crippen LogP contribution in [0.5, 0.6) is 0 Å². The van der Waals surface area contributed by atoms with E-state index < -0.39 is 42.8 Å². The predicted octanol–water partition coefficient (Wildman–Crippen LogP) is 4.83. The van der Waals surface area contributed by atoms with Crippen LogP contribution in [0.3, 0.4) is 0 Å². The van der Waals surface area contributed by atoms with Crippen LogP contribution in [0.1, 0.15) is 71.4 Å². The molecule has 4 fully saturated rings. The van der Waals surface area contributed by atoms with E-state index in [1.165, 1.54) is 0 Å². The highest BCUT2D eigenvalue weighted by Gasteiger charge is 2.76. The summed E-state index contributed by atoms with van der Waals surface area (Å²) in [6.45, 7) is 10.9. The normalized spacial score (nSPS) is 27.8. The molecule has 6 atom stereocenters. The number of hydrogen-bond acceptors (Lipinski definition) is 6. The number of rotatable bonds is 11. The first-order chi connectivity index (χ1) is 19.9. The second kappa shape index (κ2) is 12.0. The van der Waals surface area contributed by atoms with E-state index in [1.807, 2.05) is 60.7 Å². The summed E-state index contributed by atoms with van der Waals surface area (Å²) >= 11 is 0. The Hall–Kier alpha value is -2.88. The van der Waals surface area contributed by atoms with Gasteiger partial charge in [-0.25, -0.2) is 4.79 Å². The van der Waals surface area contributed by atoms with Gasteiger partial charge in [0, 0.05) is 0 Å². The van der Waals surface area contributed by atoms with Gasteiger partial charge in [-0.1, -0.05) is 88.4 Å². The van der Waals surface area contributed by atoms with Gasteiger partial charge in [0.2, 0.25) is 0 Å². The summed E-state index contributed by atoms with van der Waals surface area (Å²) in [7, 11) is -0.622. The quantitative estimate of drug-likeness (QED) is 0.331. The average molecular weight is 577 g/mol. The second-order valence-electron chi connectivity index (χ2n) is 13.5. The van der Waals surface area contributed by atoms with Gasteiger partial charge in [-0.05, 0) is 67.4 Å². The van der Waals surface area contributed by atoms with Crippen LogP contribution in [0.15, 0.2) is 60.7 Å². The molecule has 6 rings (SSSR count). The zero-order valence-electron chi connectivity index (χ0n) is 25.5. The van der Waals surface area contributed by atoms with E-state index in [4.69, 9.17) is 14.0 Å². The second-order valence-corrected chi connectivity index (χ2v) is 13.5. The third-order valence-corrected chi connectivity index (χ3v) is 9.96. The lowest BCUT2D eigenvalue weighted by Crippen LogP contribution is -2.73. The van der Waals surface area contributed by atoms with Gasteiger partial charge in [0.05, 0.1) is 23.2 Å². The van der Waals surface area contributed by atoms with Crippen LogP contribution in [-0.2, 0) is 31.9 Å². The van der Waals surface area contributed by atoms with Crippen LogP contribution < -0.4 is 10.6 Å². The minimum Gasteiger partial charge on any atom is -0.445 e. The first kappa shape index (κ1) is 30.6. The van der Waals surface area contributed by atoms with Crippen LogP contribution >= 0.6 is 0 Å². The summed E-state index contributed by atoms with van der Waals surface area (Å²) in [6, 6.07) is 17.9. The monoisotopic (exact) mass is 576 g/mol. The summed E-state index contributed by atoms with van der Waals surface area (Å²) in [4.78, 5) is 26.4. The Bertz CT molecular complexity index is 1240. The number of hydrogen-bond donors (Lipinski definition) is 3. The lowest BCUT2D eigenvalue weighted by molar-refractivity contribution is -0.257. The maximum absolute atomic E-state index is 13.6. The Morgan fingerprint density at radius 1 is 1.00 bits per heavy atom. The molecule has 3 unspecified atom stereocenters. The molecule has 0 radical (unpaired) electrons. The van der Waals surface area contributed by atoms with Crippen molar-refractivity contribution in [3.8, 4) is 0 Å². The number of benzene rings is 2. The molecule has 3 saturated carbocycles. The fourth-order valence-corrected chi connectivity index (χ4v) is 7.42. The summed E-state index contributed by atoms with van der Waals surface area (Å²) in [5.74, 6) is -0.179. The van der Waals surface area contributed by atoms with Crippen LogP contribution in [0.4, 0.5) is 4.79 Å². The molecule has 2 bridgehead atoms. The molecule has 226 valence electrons. The number of aliphatic hydroxyl groups excluding tert-OH is 1. The number of carbonyl (C=O) groups excluding carboxylic acids is 2. The molecule has 1 heterocycles. The zero-order chi connectivity index (χ0) is 30.1. The maximum atomic E-state index is 13.6. The molecule has 1 saturated heterocycles. The van der Waals surface area contributed by atoms with Crippen LogP contribution in [0.25, 0.3) is 0 Å². The number of amides is 2. The molecule has 3 aliphatic carbocycles. The van der Waals surface area contributed by atoms with E-state index >= 15 is 0 Å². The van der Waals surface area contributed by atoms with E-state index in [-0.39, 0.29) is 30.0 Å². The summed E-state index contributed by atoms with van der Waals surface area (Å²) in [5.41, 5.74) is 0.899. The molecule has 1 aliphatic heterocycles. The summed E-state index contributed by atoms with van der Waals surface area (Å²) in [5, 5.41) is 17.1. The zero-order valence-corrected chi connectivity index (χ0v) is 25.5. The molecule has 2 aromatic rings. The van der Waals surface area contributed by atoms with Gasteiger partial charge >= 0.3 is 13.2 Å². The Morgan fingerprint density at radius 3 is 2.24 bits per heavy atom. The van der Waals surface area contributed by atoms with Gasteiger partial charge in [0.1, 0.15) is 6.61 Å². The van der Waals surface area contributed by atoms with Gasteiger partial charge in [0.15, 0.2) is 6.10 Å². The fourth-order valence-electron chi connectivity index (χ4n) is 7.42. The molecule has 42 heavy (non-hydrogen) atoms.